The molecule has 2 heterocycles. The van der Waals surface area contributed by atoms with E-state index < -0.39 is 0 Å². The zero-order valence-corrected chi connectivity index (χ0v) is 14.3. The van der Waals surface area contributed by atoms with Crippen LogP contribution in [-0.4, -0.2) is 34.7 Å². The number of H-pyrrole nitrogens is 1. The fourth-order valence-electron chi connectivity index (χ4n) is 3.29. The lowest BCUT2D eigenvalue weighted by Crippen LogP contribution is -2.45. The number of aromatic nitrogens is 2. The van der Waals surface area contributed by atoms with Crippen molar-refractivity contribution in [3.05, 3.63) is 71.7 Å². The Labute approximate surface area is 150 Å². The van der Waals surface area contributed by atoms with Gasteiger partial charge in [-0.1, -0.05) is 24.3 Å². The number of amides is 1. The number of ether oxygens (including phenoxy) is 1. The summed E-state index contributed by atoms with van der Waals surface area (Å²) < 4.78 is 18.8. The molecule has 132 valence electrons. The van der Waals surface area contributed by atoms with Crippen LogP contribution in [0.4, 0.5) is 4.39 Å². The smallest absolute Gasteiger partial charge is 0.258 e. The van der Waals surface area contributed by atoms with Gasteiger partial charge in [0.05, 0.1) is 30.6 Å². The molecule has 0 bridgehead atoms. The van der Waals surface area contributed by atoms with Gasteiger partial charge in [-0.2, -0.15) is 5.10 Å². The molecule has 0 radical (unpaired) electrons. The minimum absolute atomic E-state index is 0.00728. The van der Waals surface area contributed by atoms with Crippen molar-refractivity contribution < 1.29 is 13.9 Å². The average molecular weight is 351 g/mol. The number of carbonyl (C=O) groups excluding carboxylic acids is 1. The molecule has 1 unspecified atom stereocenters. The lowest BCUT2D eigenvalue weighted by Gasteiger charge is -2.41. The summed E-state index contributed by atoms with van der Waals surface area (Å²) in [6.07, 6.45) is 2.40. The van der Waals surface area contributed by atoms with Crippen LogP contribution in [0.1, 0.15) is 28.4 Å². The van der Waals surface area contributed by atoms with E-state index in [1.54, 1.807) is 19.2 Å². The molecular formula is C20H18FN3O2. The van der Waals surface area contributed by atoms with Gasteiger partial charge in [-0.15, -0.1) is 0 Å². The van der Waals surface area contributed by atoms with Crippen LogP contribution in [-0.2, 0) is 0 Å². The van der Waals surface area contributed by atoms with Gasteiger partial charge in [0, 0.05) is 12.1 Å². The molecule has 4 rings (SSSR count). The number of carbonyl (C=O) groups is 1. The molecular weight excluding hydrogens is 333 g/mol. The number of methoxy groups -OCH3 is 1. The van der Waals surface area contributed by atoms with E-state index in [0.717, 1.165) is 17.7 Å². The third-order valence-electron chi connectivity index (χ3n) is 4.74. The van der Waals surface area contributed by atoms with Crippen molar-refractivity contribution in [2.24, 2.45) is 0 Å². The lowest BCUT2D eigenvalue weighted by atomic mass is 9.93. The van der Waals surface area contributed by atoms with Gasteiger partial charge in [0.2, 0.25) is 0 Å². The van der Waals surface area contributed by atoms with Gasteiger partial charge in [0.1, 0.15) is 11.6 Å². The molecule has 5 nitrogen and oxygen atoms in total. The summed E-state index contributed by atoms with van der Waals surface area (Å²) >= 11 is 0. The number of likely N-dealkylation sites (tertiary alicyclic amines) is 1. The van der Waals surface area contributed by atoms with E-state index in [2.05, 4.69) is 10.2 Å². The standard InChI is InChI=1S/C20H18FN3O2/c1-26-16-7-3-4-13(11-16)18-8-9-24(18)20(25)17-12-22-23-19(17)14-5-2-6-15(21)10-14/h2-7,10-12,18H,8-9H2,1H3,(H,22,23). The minimum Gasteiger partial charge on any atom is -0.497 e. The summed E-state index contributed by atoms with van der Waals surface area (Å²) in [5, 5.41) is 6.82. The third-order valence-corrected chi connectivity index (χ3v) is 4.74. The maximum absolute atomic E-state index is 13.5. The Kier molecular flexibility index (Phi) is 4.16. The van der Waals surface area contributed by atoms with E-state index in [-0.39, 0.29) is 17.8 Å². The molecule has 1 atom stereocenters. The van der Waals surface area contributed by atoms with Crippen LogP contribution in [0.3, 0.4) is 0 Å². The monoisotopic (exact) mass is 351 g/mol. The van der Waals surface area contributed by atoms with Crippen LogP contribution in [0.25, 0.3) is 11.3 Å². The van der Waals surface area contributed by atoms with E-state index in [4.69, 9.17) is 4.74 Å². The highest BCUT2D eigenvalue weighted by Gasteiger charge is 2.35. The number of benzene rings is 2. The molecule has 1 aromatic heterocycles. The maximum Gasteiger partial charge on any atom is 0.258 e. The molecule has 1 N–H and O–H groups in total. The van der Waals surface area contributed by atoms with Crippen LogP contribution < -0.4 is 4.74 Å². The third kappa shape index (κ3) is 2.83. The number of aromatic amines is 1. The molecule has 3 aromatic rings. The number of nitrogens with one attached hydrogen (secondary N) is 1. The van der Waals surface area contributed by atoms with Crippen molar-refractivity contribution in [3.8, 4) is 17.0 Å². The average Bonchev–Trinajstić information content (AvgIpc) is 3.11. The van der Waals surface area contributed by atoms with Crippen LogP contribution in [0.15, 0.2) is 54.7 Å². The zero-order valence-electron chi connectivity index (χ0n) is 14.3. The summed E-state index contributed by atoms with van der Waals surface area (Å²) in [5.41, 5.74) is 2.62. The molecule has 1 saturated heterocycles. The highest BCUT2D eigenvalue weighted by atomic mass is 19.1. The van der Waals surface area contributed by atoms with Gasteiger partial charge in [0.25, 0.3) is 5.91 Å². The van der Waals surface area contributed by atoms with Crippen molar-refractivity contribution >= 4 is 5.91 Å². The predicted octanol–water partition coefficient (Wildman–Crippen LogP) is 3.81. The van der Waals surface area contributed by atoms with Gasteiger partial charge in [-0.3, -0.25) is 9.89 Å². The zero-order chi connectivity index (χ0) is 18.1. The first-order valence-electron chi connectivity index (χ1n) is 8.41. The number of nitrogens with zero attached hydrogens (tertiary/aromatic N) is 2. The molecule has 2 aromatic carbocycles. The Balaban J connectivity index is 1.62. The van der Waals surface area contributed by atoms with Crippen molar-refractivity contribution in [1.82, 2.24) is 15.1 Å². The molecule has 0 aliphatic carbocycles. The van der Waals surface area contributed by atoms with Gasteiger partial charge in [-0.25, -0.2) is 4.39 Å². The molecule has 26 heavy (non-hydrogen) atoms. The van der Waals surface area contributed by atoms with Gasteiger partial charge < -0.3 is 9.64 Å². The normalized spacial score (nSPS) is 16.2. The summed E-state index contributed by atoms with van der Waals surface area (Å²) in [5.74, 6) is 0.302. The Hall–Kier alpha value is -3.15. The van der Waals surface area contributed by atoms with Crippen LogP contribution in [0.5, 0.6) is 5.75 Å². The molecule has 1 aliphatic heterocycles. The largest absolute Gasteiger partial charge is 0.497 e. The Morgan fingerprint density at radius 2 is 2.12 bits per heavy atom. The molecule has 1 fully saturated rings. The Bertz CT molecular complexity index is 953. The summed E-state index contributed by atoms with van der Waals surface area (Å²) in [7, 11) is 1.62. The number of hydrogen-bond acceptors (Lipinski definition) is 3. The van der Waals surface area contributed by atoms with E-state index in [1.807, 2.05) is 29.2 Å². The van der Waals surface area contributed by atoms with E-state index in [0.29, 0.717) is 23.4 Å². The van der Waals surface area contributed by atoms with Crippen LogP contribution >= 0.6 is 0 Å². The lowest BCUT2D eigenvalue weighted by molar-refractivity contribution is 0.0461. The van der Waals surface area contributed by atoms with Gasteiger partial charge >= 0.3 is 0 Å². The topological polar surface area (TPSA) is 58.2 Å². The molecule has 1 aliphatic rings. The quantitative estimate of drug-likeness (QED) is 0.778. The van der Waals surface area contributed by atoms with E-state index >= 15 is 0 Å². The first-order valence-corrected chi connectivity index (χ1v) is 8.41. The summed E-state index contributed by atoms with van der Waals surface area (Å²) in [6.45, 7) is 0.675. The van der Waals surface area contributed by atoms with Crippen molar-refractivity contribution in [1.29, 1.82) is 0 Å². The van der Waals surface area contributed by atoms with Gasteiger partial charge in [-0.05, 0) is 36.2 Å². The molecule has 0 spiro atoms. The second kappa shape index (κ2) is 6.63. The van der Waals surface area contributed by atoms with Crippen molar-refractivity contribution in [2.75, 3.05) is 13.7 Å². The molecule has 6 heteroatoms. The maximum atomic E-state index is 13.5. The van der Waals surface area contributed by atoms with E-state index in [1.165, 1.54) is 18.3 Å². The highest BCUT2D eigenvalue weighted by Crippen LogP contribution is 2.37. The fraction of sp³-hybridized carbons (Fsp3) is 0.200. The number of hydrogen-bond donors (Lipinski definition) is 1. The van der Waals surface area contributed by atoms with E-state index in [9.17, 15) is 9.18 Å². The SMILES string of the molecule is COc1cccc(C2CCN2C(=O)c2cn[nH]c2-c2cccc(F)c2)c1. The van der Waals surface area contributed by atoms with Crippen LogP contribution in [0, 0.1) is 5.82 Å². The number of rotatable bonds is 4. The Morgan fingerprint density at radius 3 is 2.85 bits per heavy atom. The van der Waals surface area contributed by atoms with Gasteiger partial charge in [0.15, 0.2) is 0 Å². The first-order chi connectivity index (χ1) is 12.7. The summed E-state index contributed by atoms with van der Waals surface area (Å²) in [6, 6.07) is 13.9. The minimum atomic E-state index is -0.353. The second-order valence-electron chi connectivity index (χ2n) is 6.25. The van der Waals surface area contributed by atoms with Crippen molar-refractivity contribution in [2.45, 2.75) is 12.5 Å². The van der Waals surface area contributed by atoms with Crippen LogP contribution in [0.2, 0.25) is 0 Å². The molecule has 1 amide bonds. The first kappa shape index (κ1) is 16.3. The second-order valence-corrected chi connectivity index (χ2v) is 6.25. The predicted molar refractivity (Wildman–Crippen MR) is 95.4 cm³/mol. The molecule has 0 saturated carbocycles. The van der Waals surface area contributed by atoms with Crippen molar-refractivity contribution in [3.63, 3.8) is 0 Å². The Morgan fingerprint density at radius 1 is 1.27 bits per heavy atom. The summed E-state index contributed by atoms with van der Waals surface area (Å²) in [4.78, 5) is 14.9. The highest BCUT2D eigenvalue weighted by molar-refractivity contribution is 6.00. The fourth-order valence-corrected chi connectivity index (χ4v) is 3.29. The number of halogens is 1.